The van der Waals surface area contributed by atoms with E-state index in [9.17, 15) is 4.79 Å². The van der Waals surface area contributed by atoms with Crippen molar-refractivity contribution < 1.29 is 9.53 Å². The van der Waals surface area contributed by atoms with Gasteiger partial charge in [-0.3, -0.25) is 9.98 Å². The van der Waals surface area contributed by atoms with Gasteiger partial charge < -0.3 is 4.74 Å². The van der Waals surface area contributed by atoms with Crippen molar-refractivity contribution >= 4 is 29.0 Å². The third-order valence-corrected chi connectivity index (χ3v) is 4.17. The van der Waals surface area contributed by atoms with Gasteiger partial charge in [0.1, 0.15) is 0 Å². The van der Waals surface area contributed by atoms with E-state index in [2.05, 4.69) is 4.98 Å². The number of carbonyl (C=O) groups is 1. The number of ether oxygens (including phenoxy) is 1. The lowest BCUT2D eigenvalue weighted by atomic mass is 10.0. The van der Waals surface area contributed by atoms with E-state index < -0.39 is 5.97 Å². The van der Waals surface area contributed by atoms with Crippen LogP contribution in [0.5, 0.6) is 0 Å². The zero-order valence-corrected chi connectivity index (χ0v) is 15.7. The second kappa shape index (κ2) is 9.10. The van der Waals surface area contributed by atoms with Crippen LogP contribution in [0.1, 0.15) is 28.4 Å². The SMILES string of the molecule is CCOC(=O)c1cc(Cl)ccc1N=C(Cc1ccncc1)c1ccccc1. The Balaban J connectivity index is 2.07. The van der Waals surface area contributed by atoms with Crippen LogP contribution in [-0.4, -0.2) is 23.3 Å². The number of benzene rings is 2. The molecule has 27 heavy (non-hydrogen) atoms. The summed E-state index contributed by atoms with van der Waals surface area (Å²) in [7, 11) is 0. The highest BCUT2D eigenvalue weighted by molar-refractivity contribution is 6.31. The highest BCUT2D eigenvalue weighted by atomic mass is 35.5. The molecule has 1 aromatic heterocycles. The summed E-state index contributed by atoms with van der Waals surface area (Å²) >= 11 is 6.08. The fraction of sp³-hybridized carbons (Fsp3) is 0.136. The summed E-state index contributed by atoms with van der Waals surface area (Å²) in [5.74, 6) is -0.435. The largest absolute Gasteiger partial charge is 0.462 e. The second-order valence-corrected chi connectivity index (χ2v) is 6.28. The molecule has 4 nitrogen and oxygen atoms in total. The number of nitrogens with zero attached hydrogens (tertiary/aromatic N) is 2. The predicted molar refractivity (Wildman–Crippen MR) is 108 cm³/mol. The molecule has 2 aromatic carbocycles. The first-order valence-electron chi connectivity index (χ1n) is 8.66. The summed E-state index contributed by atoms with van der Waals surface area (Å²) in [6.45, 7) is 2.06. The summed E-state index contributed by atoms with van der Waals surface area (Å²) in [5, 5.41) is 0.465. The van der Waals surface area contributed by atoms with E-state index in [0.717, 1.165) is 16.8 Å². The summed E-state index contributed by atoms with van der Waals surface area (Å²) in [4.78, 5) is 21.2. The standard InChI is InChI=1S/C22H19ClN2O2/c1-2-27-22(26)19-15-18(23)8-9-20(19)25-21(17-6-4-3-5-7-17)14-16-10-12-24-13-11-16/h3-13,15H,2,14H2,1H3. The lowest BCUT2D eigenvalue weighted by Crippen LogP contribution is -2.08. The minimum absolute atomic E-state index is 0.289. The fourth-order valence-electron chi connectivity index (χ4n) is 2.65. The van der Waals surface area contributed by atoms with Crippen molar-refractivity contribution in [3.8, 4) is 0 Å². The van der Waals surface area contributed by atoms with Crippen LogP contribution in [0, 0.1) is 0 Å². The van der Waals surface area contributed by atoms with Crippen molar-refractivity contribution in [1.82, 2.24) is 4.98 Å². The van der Waals surface area contributed by atoms with Gasteiger partial charge >= 0.3 is 5.97 Å². The van der Waals surface area contributed by atoms with Crippen molar-refractivity contribution in [2.45, 2.75) is 13.3 Å². The molecule has 0 aliphatic heterocycles. The van der Waals surface area contributed by atoms with Crippen LogP contribution in [0.4, 0.5) is 5.69 Å². The maximum Gasteiger partial charge on any atom is 0.340 e. The third-order valence-electron chi connectivity index (χ3n) is 3.94. The number of esters is 1. The molecule has 0 aliphatic rings. The number of halogens is 1. The van der Waals surface area contributed by atoms with Gasteiger partial charge in [0, 0.05) is 23.8 Å². The topological polar surface area (TPSA) is 51.5 Å². The minimum atomic E-state index is -0.435. The monoisotopic (exact) mass is 378 g/mol. The Morgan fingerprint density at radius 3 is 2.52 bits per heavy atom. The number of pyridine rings is 1. The molecule has 0 radical (unpaired) electrons. The number of aliphatic imine (C=N–C) groups is 1. The number of hydrogen-bond donors (Lipinski definition) is 0. The van der Waals surface area contributed by atoms with E-state index in [0.29, 0.717) is 22.7 Å². The fourth-order valence-corrected chi connectivity index (χ4v) is 2.83. The first kappa shape index (κ1) is 18.8. The van der Waals surface area contributed by atoms with E-state index >= 15 is 0 Å². The van der Waals surface area contributed by atoms with Gasteiger partial charge in [0.2, 0.25) is 0 Å². The Bertz CT molecular complexity index is 941. The van der Waals surface area contributed by atoms with Crippen LogP contribution in [-0.2, 0) is 11.2 Å². The molecule has 136 valence electrons. The Hall–Kier alpha value is -2.98. The van der Waals surface area contributed by atoms with Crippen LogP contribution in [0.15, 0.2) is 78.0 Å². The molecule has 1 heterocycles. The van der Waals surface area contributed by atoms with Gasteiger partial charge in [-0.05, 0) is 48.4 Å². The summed E-state index contributed by atoms with van der Waals surface area (Å²) in [6.07, 6.45) is 4.12. The molecule has 0 bridgehead atoms. The Kier molecular flexibility index (Phi) is 6.34. The molecule has 0 spiro atoms. The first-order valence-corrected chi connectivity index (χ1v) is 9.03. The first-order chi connectivity index (χ1) is 13.2. The summed E-state index contributed by atoms with van der Waals surface area (Å²) in [5.41, 5.74) is 3.80. The molecule has 3 aromatic rings. The number of rotatable bonds is 6. The van der Waals surface area contributed by atoms with Gasteiger partial charge in [-0.2, -0.15) is 0 Å². The van der Waals surface area contributed by atoms with Crippen LogP contribution in [0.2, 0.25) is 5.02 Å². The predicted octanol–water partition coefficient (Wildman–Crippen LogP) is 5.28. The number of aromatic nitrogens is 1. The lowest BCUT2D eigenvalue weighted by molar-refractivity contribution is 0.0527. The molecule has 0 saturated heterocycles. The van der Waals surface area contributed by atoms with Gasteiger partial charge in [-0.1, -0.05) is 41.9 Å². The van der Waals surface area contributed by atoms with Crippen molar-refractivity contribution in [3.63, 3.8) is 0 Å². The van der Waals surface area contributed by atoms with Gasteiger partial charge in [0.05, 0.1) is 23.6 Å². The molecule has 0 amide bonds. The smallest absolute Gasteiger partial charge is 0.340 e. The lowest BCUT2D eigenvalue weighted by Gasteiger charge is -2.10. The van der Waals surface area contributed by atoms with Crippen LogP contribution >= 0.6 is 11.6 Å². The molecule has 0 unspecified atom stereocenters. The van der Waals surface area contributed by atoms with Gasteiger partial charge in [0.15, 0.2) is 0 Å². The van der Waals surface area contributed by atoms with Crippen molar-refractivity contribution in [1.29, 1.82) is 0 Å². The maximum atomic E-state index is 12.3. The highest BCUT2D eigenvalue weighted by Crippen LogP contribution is 2.26. The molecule has 0 atom stereocenters. The van der Waals surface area contributed by atoms with Gasteiger partial charge in [-0.25, -0.2) is 4.79 Å². The quantitative estimate of drug-likeness (QED) is 0.433. The summed E-state index contributed by atoms with van der Waals surface area (Å²) < 4.78 is 5.15. The molecule has 3 rings (SSSR count). The summed E-state index contributed by atoms with van der Waals surface area (Å²) in [6, 6.07) is 18.8. The highest BCUT2D eigenvalue weighted by Gasteiger charge is 2.15. The van der Waals surface area contributed by atoms with E-state index in [1.165, 1.54) is 0 Å². The van der Waals surface area contributed by atoms with E-state index in [4.69, 9.17) is 21.3 Å². The molecule has 5 heteroatoms. The third kappa shape index (κ3) is 5.02. The normalized spacial score (nSPS) is 11.3. The molecule has 0 fully saturated rings. The Morgan fingerprint density at radius 2 is 1.81 bits per heavy atom. The molecule has 0 N–H and O–H groups in total. The van der Waals surface area contributed by atoms with Crippen molar-refractivity contribution in [3.05, 3.63) is 94.8 Å². The van der Waals surface area contributed by atoms with Gasteiger partial charge in [-0.15, -0.1) is 0 Å². The van der Waals surface area contributed by atoms with E-state index in [-0.39, 0.29) is 6.61 Å². The average Bonchev–Trinajstić information content (AvgIpc) is 2.70. The molecular formula is C22H19ClN2O2. The second-order valence-electron chi connectivity index (χ2n) is 5.84. The Labute approximate surface area is 163 Å². The molecular weight excluding hydrogens is 360 g/mol. The zero-order valence-electron chi connectivity index (χ0n) is 14.9. The number of carbonyl (C=O) groups excluding carboxylic acids is 1. The molecule has 0 aliphatic carbocycles. The van der Waals surface area contributed by atoms with E-state index in [1.54, 1.807) is 37.5 Å². The van der Waals surface area contributed by atoms with Crippen LogP contribution in [0.25, 0.3) is 0 Å². The maximum absolute atomic E-state index is 12.3. The Morgan fingerprint density at radius 1 is 1.07 bits per heavy atom. The minimum Gasteiger partial charge on any atom is -0.462 e. The van der Waals surface area contributed by atoms with Crippen molar-refractivity contribution in [2.75, 3.05) is 6.61 Å². The van der Waals surface area contributed by atoms with E-state index in [1.807, 2.05) is 42.5 Å². The average molecular weight is 379 g/mol. The molecule has 0 saturated carbocycles. The van der Waals surface area contributed by atoms with Crippen LogP contribution < -0.4 is 0 Å². The zero-order chi connectivity index (χ0) is 19.1. The number of hydrogen-bond acceptors (Lipinski definition) is 4. The van der Waals surface area contributed by atoms with Crippen molar-refractivity contribution in [2.24, 2.45) is 4.99 Å². The van der Waals surface area contributed by atoms with Crippen LogP contribution in [0.3, 0.4) is 0 Å². The van der Waals surface area contributed by atoms with Gasteiger partial charge in [0.25, 0.3) is 0 Å².